The number of nitrogens with one attached hydrogen (secondary N) is 2. The van der Waals surface area contributed by atoms with Crippen molar-refractivity contribution < 1.29 is 19.1 Å². The molecule has 2 N–H and O–H groups in total. The summed E-state index contributed by atoms with van der Waals surface area (Å²) in [5.41, 5.74) is 0. The number of carbonyl (C=O) groups is 3. The van der Waals surface area contributed by atoms with Crippen molar-refractivity contribution in [2.75, 3.05) is 6.61 Å². The third kappa shape index (κ3) is 4.72. The molecular formula is C15H24N2O4. The van der Waals surface area contributed by atoms with Gasteiger partial charge in [-0.1, -0.05) is 26.2 Å². The van der Waals surface area contributed by atoms with E-state index in [0.29, 0.717) is 5.92 Å². The standard InChI is InChI=1S/C15H24N2O4/c1-10-5-2-3-8-12(10)16-15(20)17-13(18)9-21-14(19)11-6-4-7-11/h10-12H,2-9H2,1H3,(H2,16,17,18,20)/t10-,12-/m1/s1. The average molecular weight is 296 g/mol. The van der Waals surface area contributed by atoms with E-state index in [1.807, 2.05) is 0 Å². The summed E-state index contributed by atoms with van der Waals surface area (Å²) < 4.78 is 4.89. The maximum absolute atomic E-state index is 11.7. The van der Waals surface area contributed by atoms with Gasteiger partial charge in [0.2, 0.25) is 0 Å². The number of urea groups is 1. The first-order valence-corrected chi connectivity index (χ1v) is 7.83. The topological polar surface area (TPSA) is 84.5 Å². The second kappa shape index (κ2) is 7.43. The molecule has 2 saturated carbocycles. The fourth-order valence-corrected chi connectivity index (χ4v) is 2.80. The molecule has 2 atom stereocenters. The molecule has 0 heterocycles. The van der Waals surface area contributed by atoms with Gasteiger partial charge < -0.3 is 10.1 Å². The summed E-state index contributed by atoms with van der Waals surface area (Å²) in [4.78, 5) is 34.8. The summed E-state index contributed by atoms with van der Waals surface area (Å²) in [5.74, 6) is -0.549. The van der Waals surface area contributed by atoms with Crippen LogP contribution in [0.25, 0.3) is 0 Å². The minimum absolute atomic E-state index is 0.0604. The molecule has 0 aromatic heterocycles. The van der Waals surface area contributed by atoms with Gasteiger partial charge in [-0.05, 0) is 31.6 Å². The van der Waals surface area contributed by atoms with E-state index < -0.39 is 11.9 Å². The van der Waals surface area contributed by atoms with Crippen molar-refractivity contribution in [2.24, 2.45) is 11.8 Å². The molecule has 6 heteroatoms. The SMILES string of the molecule is C[C@@H]1CCCC[C@H]1NC(=O)NC(=O)COC(=O)C1CCC1. The van der Waals surface area contributed by atoms with E-state index in [9.17, 15) is 14.4 Å². The van der Waals surface area contributed by atoms with Crippen molar-refractivity contribution in [1.29, 1.82) is 0 Å². The molecule has 2 fully saturated rings. The van der Waals surface area contributed by atoms with Crippen LogP contribution in [0.5, 0.6) is 0 Å². The minimum Gasteiger partial charge on any atom is -0.455 e. The summed E-state index contributed by atoms with van der Waals surface area (Å²) in [7, 11) is 0. The molecule has 2 aliphatic carbocycles. The third-order valence-electron chi connectivity index (χ3n) is 4.46. The lowest BCUT2D eigenvalue weighted by Crippen LogP contribution is -2.48. The van der Waals surface area contributed by atoms with Crippen LogP contribution in [0.2, 0.25) is 0 Å². The van der Waals surface area contributed by atoms with Gasteiger partial charge in [-0.25, -0.2) is 4.79 Å². The van der Waals surface area contributed by atoms with Crippen LogP contribution in [0.4, 0.5) is 4.79 Å². The second-order valence-electron chi connectivity index (χ2n) is 6.13. The molecule has 0 aromatic carbocycles. The van der Waals surface area contributed by atoms with Gasteiger partial charge in [-0.3, -0.25) is 14.9 Å². The smallest absolute Gasteiger partial charge is 0.321 e. The van der Waals surface area contributed by atoms with Crippen molar-refractivity contribution in [2.45, 2.75) is 57.9 Å². The summed E-state index contributed by atoms with van der Waals surface area (Å²) in [5, 5.41) is 5.03. The molecule has 3 amide bonds. The van der Waals surface area contributed by atoms with E-state index in [1.54, 1.807) is 0 Å². The molecule has 2 rings (SSSR count). The largest absolute Gasteiger partial charge is 0.455 e. The molecule has 0 bridgehead atoms. The summed E-state index contributed by atoms with van der Waals surface area (Å²) in [6.07, 6.45) is 7.03. The lowest BCUT2D eigenvalue weighted by atomic mass is 9.86. The Hall–Kier alpha value is -1.59. The highest BCUT2D eigenvalue weighted by Crippen LogP contribution is 2.27. The zero-order valence-electron chi connectivity index (χ0n) is 12.5. The van der Waals surface area contributed by atoms with Crippen molar-refractivity contribution in [3.63, 3.8) is 0 Å². The normalized spacial score (nSPS) is 25.6. The Labute approximate surface area is 125 Å². The minimum atomic E-state index is -0.580. The fraction of sp³-hybridized carbons (Fsp3) is 0.800. The van der Waals surface area contributed by atoms with Gasteiger partial charge in [-0.15, -0.1) is 0 Å². The number of carbonyl (C=O) groups excluding carboxylic acids is 3. The van der Waals surface area contributed by atoms with E-state index in [2.05, 4.69) is 17.6 Å². The van der Waals surface area contributed by atoms with Gasteiger partial charge >= 0.3 is 12.0 Å². The fourth-order valence-electron chi connectivity index (χ4n) is 2.80. The maximum Gasteiger partial charge on any atom is 0.321 e. The molecule has 21 heavy (non-hydrogen) atoms. The Kier molecular flexibility index (Phi) is 5.59. The van der Waals surface area contributed by atoms with E-state index in [1.165, 1.54) is 6.42 Å². The predicted molar refractivity (Wildman–Crippen MR) is 76.4 cm³/mol. The van der Waals surface area contributed by atoms with E-state index in [0.717, 1.165) is 38.5 Å². The van der Waals surface area contributed by atoms with Crippen LogP contribution >= 0.6 is 0 Å². The van der Waals surface area contributed by atoms with Gasteiger partial charge in [0.05, 0.1) is 5.92 Å². The predicted octanol–water partition coefficient (Wildman–Crippen LogP) is 1.73. The van der Waals surface area contributed by atoms with Gasteiger partial charge in [0.1, 0.15) is 0 Å². The maximum atomic E-state index is 11.7. The average Bonchev–Trinajstić information content (AvgIpc) is 2.37. The molecule has 0 spiro atoms. The molecule has 0 saturated heterocycles. The number of imide groups is 1. The van der Waals surface area contributed by atoms with E-state index >= 15 is 0 Å². The summed E-state index contributed by atoms with van der Waals surface area (Å²) in [6, 6.07) is -0.387. The van der Waals surface area contributed by atoms with Crippen molar-refractivity contribution in [3.05, 3.63) is 0 Å². The summed E-state index contributed by atoms with van der Waals surface area (Å²) >= 11 is 0. The summed E-state index contributed by atoms with van der Waals surface area (Å²) in [6.45, 7) is 1.72. The Morgan fingerprint density at radius 2 is 1.76 bits per heavy atom. The van der Waals surface area contributed by atoms with E-state index in [4.69, 9.17) is 4.74 Å². The lowest BCUT2D eigenvalue weighted by Gasteiger charge is -2.29. The zero-order valence-corrected chi connectivity index (χ0v) is 12.5. The number of esters is 1. The third-order valence-corrected chi connectivity index (χ3v) is 4.46. The van der Waals surface area contributed by atoms with Crippen molar-refractivity contribution in [3.8, 4) is 0 Å². The Morgan fingerprint density at radius 3 is 2.38 bits per heavy atom. The first kappa shape index (κ1) is 15.8. The van der Waals surface area contributed by atoms with Crippen LogP contribution in [-0.2, 0) is 14.3 Å². The molecule has 0 radical (unpaired) electrons. The van der Waals surface area contributed by atoms with Gasteiger partial charge in [0.25, 0.3) is 5.91 Å². The monoisotopic (exact) mass is 296 g/mol. The Morgan fingerprint density at radius 1 is 1.05 bits per heavy atom. The quantitative estimate of drug-likeness (QED) is 0.774. The lowest BCUT2D eigenvalue weighted by molar-refractivity contribution is -0.154. The van der Waals surface area contributed by atoms with Crippen LogP contribution in [0.3, 0.4) is 0 Å². The number of hydrogen-bond donors (Lipinski definition) is 2. The highest BCUT2D eigenvalue weighted by Gasteiger charge is 2.27. The molecule has 0 unspecified atom stereocenters. The first-order valence-electron chi connectivity index (χ1n) is 7.83. The molecule has 6 nitrogen and oxygen atoms in total. The molecule has 2 aliphatic rings. The number of amides is 3. The molecular weight excluding hydrogens is 272 g/mol. The number of ether oxygens (including phenoxy) is 1. The Balaban J connectivity index is 1.64. The Bertz CT molecular complexity index is 406. The van der Waals surface area contributed by atoms with Crippen molar-refractivity contribution >= 4 is 17.9 Å². The second-order valence-corrected chi connectivity index (χ2v) is 6.13. The van der Waals surface area contributed by atoms with Crippen LogP contribution in [0, 0.1) is 11.8 Å². The first-order chi connectivity index (χ1) is 10.1. The van der Waals surface area contributed by atoms with Crippen LogP contribution in [-0.4, -0.2) is 30.6 Å². The van der Waals surface area contributed by atoms with Crippen molar-refractivity contribution in [1.82, 2.24) is 10.6 Å². The highest BCUT2D eigenvalue weighted by molar-refractivity contribution is 5.95. The van der Waals surface area contributed by atoms with Gasteiger partial charge in [0, 0.05) is 6.04 Å². The van der Waals surface area contributed by atoms with Crippen LogP contribution in [0.1, 0.15) is 51.9 Å². The van der Waals surface area contributed by atoms with Crippen LogP contribution < -0.4 is 10.6 Å². The molecule has 0 aromatic rings. The van der Waals surface area contributed by atoms with E-state index in [-0.39, 0.29) is 24.5 Å². The van der Waals surface area contributed by atoms with Gasteiger partial charge in [-0.2, -0.15) is 0 Å². The number of rotatable bonds is 4. The molecule has 118 valence electrons. The van der Waals surface area contributed by atoms with Gasteiger partial charge in [0.15, 0.2) is 6.61 Å². The van der Waals surface area contributed by atoms with Crippen LogP contribution in [0.15, 0.2) is 0 Å². The zero-order chi connectivity index (χ0) is 15.2. The highest BCUT2D eigenvalue weighted by atomic mass is 16.5. The molecule has 0 aliphatic heterocycles. The number of hydrogen-bond acceptors (Lipinski definition) is 4.